The van der Waals surface area contributed by atoms with Crippen LogP contribution in [-0.2, 0) is 9.84 Å². The summed E-state index contributed by atoms with van der Waals surface area (Å²) in [5.41, 5.74) is 2.06. The van der Waals surface area contributed by atoms with Crippen LogP contribution in [0.15, 0.2) is 52.5 Å². The first-order valence-corrected chi connectivity index (χ1v) is 7.67. The predicted molar refractivity (Wildman–Crippen MR) is 75.0 cm³/mol. The summed E-state index contributed by atoms with van der Waals surface area (Å²) in [7, 11) is -3.51. The first kappa shape index (κ1) is 13.7. The van der Waals surface area contributed by atoms with Gasteiger partial charge in [0.2, 0.25) is 9.84 Å². The van der Waals surface area contributed by atoms with Crippen LogP contribution in [0.2, 0.25) is 0 Å². The molecule has 0 aliphatic heterocycles. The molecule has 0 fully saturated rings. The van der Waals surface area contributed by atoms with Gasteiger partial charge in [-0.25, -0.2) is 13.4 Å². The molecule has 100 valence electrons. The molecule has 0 saturated carbocycles. The highest BCUT2D eigenvalue weighted by Gasteiger charge is 2.18. The van der Waals surface area contributed by atoms with E-state index in [1.807, 2.05) is 26.8 Å². The Morgan fingerprint density at radius 3 is 2.11 bits per heavy atom. The predicted octanol–water partition coefficient (Wildman–Crippen LogP) is 3.35. The molecular weight excluding hydrogens is 258 g/mol. The van der Waals surface area contributed by atoms with Gasteiger partial charge in [0, 0.05) is 6.20 Å². The zero-order chi connectivity index (χ0) is 14.0. The number of aromatic nitrogens is 1. The average molecular weight is 275 g/mol. The van der Waals surface area contributed by atoms with Crippen molar-refractivity contribution in [3.8, 4) is 0 Å². The molecule has 0 aliphatic rings. The quantitative estimate of drug-likeness (QED) is 0.863. The molecule has 1 aromatic carbocycles. The Balaban J connectivity index is 2.42. The highest BCUT2D eigenvalue weighted by molar-refractivity contribution is 7.91. The summed E-state index contributed by atoms with van der Waals surface area (Å²) in [6.45, 7) is 6.02. The van der Waals surface area contributed by atoms with Crippen molar-refractivity contribution in [2.45, 2.75) is 36.6 Å². The van der Waals surface area contributed by atoms with Crippen molar-refractivity contribution in [3.63, 3.8) is 0 Å². The lowest BCUT2D eigenvalue weighted by Crippen LogP contribution is -2.05. The third-order valence-electron chi connectivity index (χ3n) is 3.03. The molecule has 0 atom stereocenters. The van der Waals surface area contributed by atoms with E-state index in [0.717, 1.165) is 11.1 Å². The number of pyridine rings is 1. The normalized spacial score (nSPS) is 11.8. The second-order valence-electron chi connectivity index (χ2n) is 4.90. The molecule has 0 amide bonds. The number of rotatable bonds is 3. The van der Waals surface area contributed by atoms with Gasteiger partial charge in [-0.05, 0) is 36.6 Å². The molecule has 0 N–H and O–H groups in total. The molecular formula is C15H17NO2S. The lowest BCUT2D eigenvalue weighted by Gasteiger charge is -2.07. The summed E-state index contributed by atoms with van der Waals surface area (Å²) in [5.74, 6) is 0.337. The van der Waals surface area contributed by atoms with Gasteiger partial charge in [0.05, 0.1) is 4.90 Å². The third kappa shape index (κ3) is 2.84. The van der Waals surface area contributed by atoms with E-state index in [9.17, 15) is 8.42 Å². The zero-order valence-electron chi connectivity index (χ0n) is 11.3. The topological polar surface area (TPSA) is 47.0 Å². The fraction of sp³-hybridized carbons (Fsp3) is 0.267. The Morgan fingerprint density at radius 2 is 1.63 bits per heavy atom. The van der Waals surface area contributed by atoms with E-state index in [0.29, 0.717) is 5.92 Å². The van der Waals surface area contributed by atoms with Gasteiger partial charge in [0.15, 0.2) is 5.03 Å². The largest absolute Gasteiger partial charge is 0.244 e. The summed E-state index contributed by atoms with van der Waals surface area (Å²) in [6.07, 6.45) is 1.63. The van der Waals surface area contributed by atoms with Crippen LogP contribution in [0.5, 0.6) is 0 Å². The molecule has 0 bridgehead atoms. The number of hydrogen-bond acceptors (Lipinski definition) is 3. The van der Waals surface area contributed by atoms with Crippen molar-refractivity contribution in [2.75, 3.05) is 0 Å². The maximum atomic E-state index is 12.4. The molecule has 0 radical (unpaired) electrons. The van der Waals surface area contributed by atoms with Gasteiger partial charge in [-0.3, -0.25) is 0 Å². The fourth-order valence-electron chi connectivity index (χ4n) is 1.73. The van der Waals surface area contributed by atoms with Crippen LogP contribution in [0.25, 0.3) is 0 Å². The lowest BCUT2D eigenvalue weighted by atomic mass is 10.1. The second-order valence-corrected chi connectivity index (χ2v) is 6.80. The fourth-order valence-corrected chi connectivity index (χ4v) is 2.90. The Labute approximate surface area is 114 Å². The van der Waals surface area contributed by atoms with Crippen LogP contribution in [0.1, 0.15) is 30.9 Å². The van der Waals surface area contributed by atoms with E-state index in [4.69, 9.17) is 0 Å². The summed E-state index contributed by atoms with van der Waals surface area (Å²) in [5, 5.41) is 0.0979. The minimum absolute atomic E-state index is 0.0979. The molecule has 1 heterocycles. The number of nitrogens with zero attached hydrogens (tertiary/aromatic N) is 1. The standard InChI is InChI=1S/C15H17NO2S/c1-11(2)13-6-9-15(16-10-13)19(17,18)14-7-4-12(3)5-8-14/h4-11H,1-3H3. The van der Waals surface area contributed by atoms with E-state index in [2.05, 4.69) is 4.98 Å². The summed E-state index contributed by atoms with van der Waals surface area (Å²) in [4.78, 5) is 4.36. The molecule has 1 aromatic heterocycles. The molecule has 0 aliphatic carbocycles. The maximum absolute atomic E-state index is 12.4. The minimum atomic E-state index is -3.51. The van der Waals surface area contributed by atoms with Gasteiger partial charge in [-0.15, -0.1) is 0 Å². The van der Waals surface area contributed by atoms with Crippen molar-refractivity contribution in [2.24, 2.45) is 0 Å². The average Bonchev–Trinajstić information content (AvgIpc) is 2.39. The van der Waals surface area contributed by atoms with Gasteiger partial charge in [-0.1, -0.05) is 37.6 Å². The van der Waals surface area contributed by atoms with Gasteiger partial charge in [0.25, 0.3) is 0 Å². The van der Waals surface area contributed by atoms with Crippen LogP contribution in [0.3, 0.4) is 0 Å². The lowest BCUT2D eigenvalue weighted by molar-refractivity contribution is 0.592. The van der Waals surface area contributed by atoms with Gasteiger partial charge in [-0.2, -0.15) is 0 Å². The molecule has 0 spiro atoms. The first-order chi connectivity index (χ1) is 8.91. The number of aryl methyl sites for hydroxylation is 1. The Kier molecular flexibility index (Phi) is 3.71. The summed E-state index contributed by atoms with van der Waals surface area (Å²) in [6, 6.07) is 10.2. The molecule has 2 rings (SSSR count). The maximum Gasteiger partial charge on any atom is 0.223 e. The van der Waals surface area contributed by atoms with Gasteiger partial charge >= 0.3 is 0 Å². The Hall–Kier alpha value is -1.68. The van der Waals surface area contributed by atoms with Crippen molar-refractivity contribution in [1.29, 1.82) is 0 Å². The van der Waals surface area contributed by atoms with Crippen LogP contribution in [-0.4, -0.2) is 13.4 Å². The third-order valence-corrected chi connectivity index (χ3v) is 4.72. The van der Waals surface area contributed by atoms with Gasteiger partial charge in [0.1, 0.15) is 0 Å². The molecule has 3 nitrogen and oxygen atoms in total. The molecule has 0 saturated heterocycles. The molecule has 0 unspecified atom stereocenters. The van der Waals surface area contributed by atoms with Crippen molar-refractivity contribution < 1.29 is 8.42 Å². The minimum Gasteiger partial charge on any atom is -0.244 e. The zero-order valence-corrected chi connectivity index (χ0v) is 12.1. The Morgan fingerprint density at radius 1 is 1.00 bits per heavy atom. The highest BCUT2D eigenvalue weighted by Crippen LogP contribution is 2.21. The molecule has 2 aromatic rings. The number of hydrogen-bond donors (Lipinski definition) is 0. The van der Waals surface area contributed by atoms with E-state index in [-0.39, 0.29) is 9.92 Å². The van der Waals surface area contributed by atoms with Crippen LogP contribution in [0.4, 0.5) is 0 Å². The van der Waals surface area contributed by atoms with Crippen molar-refractivity contribution in [1.82, 2.24) is 4.98 Å². The second kappa shape index (κ2) is 5.13. The van der Waals surface area contributed by atoms with Crippen LogP contribution < -0.4 is 0 Å². The smallest absolute Gasteiger partial charge is 0.223 e. The Bertz CT molecular complexity index is 656. The highest BCUT2D eigenvalue weighted by atomic mass is 32.2. The SMILES string of the molecule is Cc1ccc(S(=O)(=O)c2ccc(C(C)C)cn2)cc1. The van der Waals surface area contributed by atoms with Crippen molar-refractivity contribution in [3.05, 3.63) is 53.7 Å². The first-order valence-electron chi connectivity index (χ1n) is 6.19. The van der Waals surface area contributed by atoms with E-state index in [1.165, 1.54) is 0 Å². The van der Waals surface area contributed by atoms with E-state index < -0.39 is 9.84 Å². The number of benzene rings is 1. The number of sulfone groups is 1. The van der Waals surface area contributed by atoms with Gasteiger partial charge < -0.3 is 0 Å². The van der Waals surface area contributed by atoms with Crippen LogP contribution in [0, 0.1) is 6.92 Å². The van der Waals surface area contributed by atoms with Crippen LogP contribution >= 0.6 is 0 Å². The molecule has 4 heteroatoms. The summed E-state index contributed by atoms with van der Waals surface area (Å²) >= 11 is 0. The monoisotopic (exact) mass is 275 g/mol. The summed E-state index contributed by atoms with van der Waals surface area (Å²) < 4.78 is 24.7. The van der Waals surface area contributed by atoms with E-state index in [1.54, 1.807) is 36.5 Å². The van der Waals surface area contributed by atoms with Crippen molar-refractivity contribution >= 4 is 9.84 Å². The van der Waals surface area contributed by atoms with E-state index >= 15 is 0 Å². The molecule has 19 heavy (non-hydrogen) atoms.